The Morgan fingerprint density at radius 3 is 2.62 bits per heavy atom. The molecule has 1 aliphatic carbocycles. The summed E-state index contributed by atoms with van der Waals surface area (Å²) in [7, 11) is 1.47. The van der Waals surface area contributed by atoms with Crippen molar-refractivity contribution in [1.29, 1.82) is 0 Å². The Morgan fingerprint density at radius 1 is 1.19 bits per heavy atom. The van der Waals surface area contributed by atoms with Crippen LogP contribution in [0.1, 0.15) is 51.9 Å². The highest BCUT2D eigenvalue weighted by Gasteiger charge is 2.28. The van der Waals surface area contributed by atoms with Crippen LogP contribution in [0, 0.1) is 11.8 Å². The number of methoxy groups -OCH3 is 1. The van der Waals surface area contributed by atoms with Crippen molar-refractivity contribution in [2.75, 3.05) is 33.3 Å². The predicted octanol–water partition coefficient (Wildman–Crippen LogP) is 2.43. The summed E-state index contributed by atoms with van der Waals surface area (Å²) in [6.07, 6.45) is 9.46. The Labute approximate surface area is 129 Å². The molecule has 4 nitrogen and oxygen atoms in total. The Bertz CT molecular complexity index is 316. The zero-order valence-electron chi connectivity index (χ0n) is 13.8. The first-order chi connectivity index (χ1) is 10.2. The molecule has 1 N–H and O–H groups in total. The maximum atomic E-state index is 11.5. The van der Waals surface area contributed by atoms with Crippen LogP contribution in [-0.2, 0) is 9.53 Å². The molecule has 2 unspecified atom stereocenters. The van der Waals surface area contributed by atoms with Crippen molar-refractivity contribution in [3.8, 4) is 0 Å². The average molecular weight is 296 g/mol. The summed E-state index contributed by atoms with van der Waals surface area (Å²) >= 11 is 0. The van der Waals surface area contributed by atoms with Gasteiger partial charge in [0.05, 0.1) is 13.7 Å². The van der Waals surface area contributed by atoms with Crippen molar-refractivity contribution in [2.45, 2.75) is 57.9 Å². The lowest BCUT2D eigenvalue weighted by atomic mass is 9.88. The maximum absolute atomic E-state index is 11.5. The summed E-state index contributed by atoms with van der Waals surface area (Å²) in [5, 5.41) is 3.78. The van der Waals surface area contributed by atoms with E-state index in [4.69, 9.17) is 4.74 Å². The lowest BCUT2D eigenvalue weighted by Gasteiger charge is -2.38. The minimum Gasteiger partial charge on any atom is -0.468 e. The van der Waals surface area contributed by atoms with Crippen LogP contribution in [0.5, 0.6) is 0 Å². The number of carbonyl (C=O) groups excluding carboxylic acids is 1. The van der Waals surface area contributed by atoms with E-state index in [1.54, 1.807) is 0 Å². The van der Waals surface area contributed by atoms with Gasteiger partial charge < -0.3 is 10.1 Å². The molecule has 1 aliphatic heterocycles. The van der Waals surface area contributed by atoms with Crippen LogP contribution in [0.25, 0.3) is 0 Å². The zero-order chi connectivity index (χ0) is 15.1. The Kier molecular flexibility index (Phi) is 6.97. The zero-order valence-corrected chi connectivity index (χ0v) is 13.8. The highest BCUT2D eigenvalue weighted by molar-refractivity contribution is 5.71. The molecule has 4 heteroatoms. The lowest BCUT2D eigenvalue weighted by molar-refractivity contribution is -0.142. The minimum atomic E-state index is -0.113. The molecule has 2 rings (SSSR count). The highest BCUT2D eigenvalue weighted by atomic mass is 16.5. The number of nitrogens with one attached hydrogen (secondary N) is 1. The number of rotatable bonds is 6. The quantitative estimate of drug-likeness (QED) is 0.764. The van der Waals surface area contributed by atoms with Crippen LogP contribution in [0.2, 0.25) is 0 Å². The number of nitrogens with zero attached hydrogens (tertiary/aromatic N) is 1. The van der Waals surface area contributed by atoms with Crippen molar-refractivity contribution < 1.29 is 9.53 Å². The molecule has 2 fully saturated rings. The number of hydrogen-bond donors (Lipinski definition) is 1. The van der Waals surface area contributed by atoms with Gasteiger partial charge >= 0.3 is 5.97 Å². The van der Waals surface area contributed by atoms with E-state index < -0.39 is 0 Å². The molecule has 2 atom stereocenters. The fourth-order valence-electron chi connectivity index (χ4n) is 3.85. The molecule has 0 aromatic carbocycles. The molecule has 2 aliphatic rings. The van der Waals surface area contributed by atoms with Crippen LogP contribution < -0.4 is 5.32 Å². The standard InChI is InChI=1S/C17H32N2O2/c1-3-14-9-16(12-19(11-14)13-17(20)21-2)18-10-15-7-5-4-6-8-15/h14-16,18H,3-13H2,1-2H3. The third kappa shape index (κ3) is 5.59. The maximum Gasteiger partial charge on any atom is 0.319 e. The van der Waals surface area contributed by atoms with E-state index in [1.165, 1.54) is 52.1 Å². The van der Waals surface area contributed by atoms with Crippen molar-refractivity contribution in [3.63, 3.8) is 0 Å². The second-order valence-corrected chi connectivity index (χ2v) is 6.89. The number of ether oxygens (including phenoxy) is 1. The second-order valence-electron chi connectivity index (χ2n) is 6.89. The van der Waals surface area contributed by atoms with E-state index in [9.17, 15) is 4.79 Å². The predicted molar refractivity (Wildman–Crippen MR) is 85.2 cm³/mol. The van der Waals surface area contributed by atoms with Gasteiger partial charge in [-0.2, -0.15) is 0 Å². The average Bonchev–Trinajstić information content (AvgIpc) is 2.53. The first-order valence-electron chi connectivity index (χ1n) is 8.73. The first-order valence-corrected chi connectivity index (χ1v) is 8.73. The van der Waals surface area contributed by atoms with Gasteiger partial charge in [0.2, 0.25) is 0 Å². The van der Waals surface area contributed by atoms with E-state index in [2.05, 4.69) is 17.1 Å². The van der Waals surface area contributed by atoms with Crippen molar-refractivity contribution in [1.82, 2.24) is 10.2 Å². The summed E-state index contributed by atoms with van der Waals surface area (Å²) in [6, 6.07) is 0.537. The molecular formula is C17H32N2O2. The molecule has 0 bridgehead atoms. The van der Waals surface area contributed by atoms with Gasteiger partial charge in [-0.3, -0.25) is 9.69 Å². The second kappa shape index (κ2) is 8.74. The fraction of sp³-hybridized carbons (Fsp3) is 0.941. The van der Waals surface area contributed by atoms with Gasteiger partial charge in [0, 0.05) is 19.1 Å². The number of piperidine rings is 1. The van der Waals surface area contributed by atoms with E-state index >= 15 is 0 Å². The summed E-state index contributed by atoms with van der Waals surface area (Å²) in [4.78, 5) is 13.8. The lowest BCUT2D eigenvalue weighted by Crippen LogP contribution is -2.51. The summed E-state index contributed by atoms with van der Waals surface area (Å²) in [6.45, 7) is 5.87. The third-order valence-corrected chi connectivity index (χ3v) is 5.19. The van der Waals surface area contributed by atoms with Gasteiger partial charge in [0.15, 0.2) is 0 Å². The topological polar surface area (TPSA) is 41.6 Å². The Morgan fingerprint density at radius 2 is 1.95 bits per heavy atom. The summed E-state index contributed by atoms with van der Waals surface area (Å²) in [5.41, 5.74) is 0. The number of esters is 1. The molecule has 21 heavy (non-hydrogen) atoms. The van der Waals surface area contributed by atoms with Crippen LogP contribution >= 0.6 is 0 Å². The van der Waals surface area contributed by atoms with Crippen molar-refractivity contribution in [3.05, 3.63) is 0 Å². The summed E-state index contributed by atoms with van der Waals surface area (Å²) < 4.78 is 4.81. The van der Waals surface area contributed by atoms with Crippen LogP contribution in [0.3, 0.4) is 0 Å². The van der Waals surface area contributed by atoms with Gasteiger partial charge in [0.1, 0.15) is 0 Å². The van der Waals surface area contributed by atoms with Gasteiger partial charge in [-0.1, -0.05) is 32.6 Å². The molecule has 122 valence electrons. The van der Waals surface area contributed by atoms with E-state index in [-0.39, 0.29) is 5.97 Å². The minimum absolute atomic E-state index is 0.113. The Hall–Kier alpha value is -0.610. The van der Waals surface area contributed by atoms with Crippen LogP contribution in [-0.4, -0.2) is 50.2 Å². The third-order valence-electron chi connectivity index (χ3n) is 5.19. The molecule has 0 radical (unpaired) electrons. The molecule has 1 saturated heterocycles. The SMILES string of the molecule is CCC1CC(NCC2CCCCC2)CN(CC(=O)OC)C1. The number of likely N-dealkylation sites (tertiary alicyclic amines) is 1. The molecule has 1 heterocycles. The molecule has 0 spiro atoms. The van der Waals surface area contributed by atoms with E-state index in [1.807, 2.05) is 0 Å². The smallest absolute Gasteiger partial charge is 0.319 e. The molecular weight excluding hydrogens is 264 g/mol. The fourth-order valence-corrected chi connectivity index (χ4v) is 3.85. The molecule has 0 aromatic heterocycles. The molecule has 1 saturated carbocycles. The van der Waals surface area contributed by atoms with E-state index in [0.717, 1.165) is 25.6 Å². The first kappa shape index (κ1) is 16.8. The summed E-state index contributed by atoms with van der Waals surface area (Å²) in [5.74, 6) is 1.46. The largest absolute Gasteiger partial charge is 0.468 e. The van der Waals surface area contributed by atoms with Crippen molar-refractivity contribution in [2.24, 2.45) is 11.8 Å². The van der Waals surface area contributed by atoms with Gasteiger partial charge in [0.25, 0.3) is 0 Å². The number of carbonyl (C=O) groups is 1. The van der Waals surface area contributed by atoms with Gasteiger partial charge in [-0.15, -0.1) is 0 Å². The monoisotopic (exact) mass is 296 g/mol. The highest BCUT2D eigenvalue weighted by Crippen LogP contribution is 2.24. The van der Waals surface area contributed by atoms with Crippen molar-refractivity contribution >= 4 is 5.97 Å². The molecule has 0 aromatic rings. The van der Waals surface area contributed by atoms with Gasteiger partial charge in [-0.25, -0.2) is 0 Å². The number of hydrogen-bond acceptors (Lipinski definition) is 4. The normalized spacial score (nSPS) is 28.5. The molecule has 0 amide bonds. The van der Waals surface area contributed by atoms with Crippen LogP contribution in [0.4, 0.5) is 0 Å². The van der Waals surface area contributed by atoms with Gasteiger partial charge in [-0.05, 0) is 37.6 Å². The Balaban J connectivity index is 1.78. The van der Waals surface area contributed by atoms with E-state index in [0.29, 0.717) is 18.5 Å². The van der Waals surface area contributed by atoms with Crippen LogP contribution in [0.15, 0.2) is 0 Å².